The van der Waals surface area contributed by atoms with Gasteiger partial charge in [-0.1, -0.05) is 49.7 Å². The van der Waals surface area contributed by atoms with E-state index in [1.54, 1.807) is 67.6 Å². The molecule has 6 nitrogen and oxygen atoms in total. The summed E-state index contributed by atoms with van der Waals surface area (Å²) in [5, 5.41) is 34.6. The predicted molar refractivity (Wildman–Crippen MR) is 104 cm³/mol. The molecule has 148 valence electrons. The minimum absolute atomic E-state index is 0.0764. The molecule has 0 aromatic heterocycles. The van der Waals surface area contributed by atoms with E-state index in [4.69, 9.17) is 15.3 Å². The van der Waals surface area contributed by atoms with Crippen molar-refractivity contribution in [1.82, 2.24) is 0 Å². The number of aliphatic hydroxyl groups excluding tert-OH is 1. The van der Waals surface area contributed by atoms with Crippen LogP contribution in [-0.4, -0.2) is 44.6 Å². The molecule has 0 aliphatic carbocycles. The molecule has 4 N–H and O–H groups in total. The van der Waals surface area contributed by atoms with Gasteiger partial charge in [0.15, 0.2) is 0 Å². The number of carboxylic acid groups (broad SMARTS) is 2. The number of rotatable bonds is 6. The van der Waals surface area contributed by atoms with Crippen LogP contribution in [0.1, 0.15) is 53.8 Å². The Labute approximate surface area is 159 Å². The molecule has 0 spiro atoms. The van der Waals surface area contributed by atoms with Gasteiger partial charge in [0.2, 0.25) is 0 Å². The van der Waals surface area contributed by atoms with Crippen molar-refractivity contribution in [2.75, 3.05) is 6.61 Å². The van der Waals surface area contributed by atoms with E-state index in [2.05, 4.69) is 0 Å². The molecule has 0 aliphatic heterocycles. The molecule has 2 rings (SSSR count). The molecule has 0 radical (unpaired) electrons. The fraction of sp³-hybridized carbons (Fsp3) is 0.333. The summed E-state index contributed by atoms with van der Waals surface area (Å²) in [6.07, 6.45) is 2.22. The van der Waals surface area contributed by atoms with Gasteiger partial charge < -0.3 is 20.4 Å². The van der Waals surface area contributed by atoms with E-state index in [0.29, 0.717) is 17.5 Å². The fourth-order valence-corrected chi connectivity index (χ4v) is 2.07. The van der Waals surface area contributed by atoms with Crippen molar-refractivity contribution in [3.05, 3.63) is 71.8 Å². The number of carboxylic acids is 2. The van der Waals surface area contributed by atoms with Crippen molar-refractivity contribution in [3.8, 4) is 0 Å². The lowest BCUT2D eigenvalue weighted by atomic mass is 9.97. The van der Waals surface area contributed by atoms with Crippen molar-refractivity contribution in [1.29, 1.82) is 0 Å². The Bertz CT molecular complexity index is 595. The summed E-state index contributed by atoms with van der Waals surface area (Å²) in [6.45, 7) is 3.85. The zero-order chi connectivity index (χ0) is 20.7. The Morgan fingerprint density at radius 2 is 1.19 bits per heavy atom. The molecular weight excluding hydrogens is 348 g/mol. The van der Waals surface area contributed by atoms with E-state index in [1.807, 2.05) is 6.92 Å². The molecular formula is C21H28O6. The van der Waals surface area contributed by atoms with E-state index in [0.717, 1.165) is 12.8 Å². The minimum atomic E-state index is -0.879. The second-order valence-corrected chi connectivity index (χ2v) is 6.06. The van der Waals surface area contributed by atoms with E-state index in [1.165, 1.54) is 0 Å². The Morgan fingerprint density at radius 3 is 1.41 bits per heavy atom. The third-order valence-electron chi connectivity index (χ3n) is 3.48. The highest BCUT2D eigenvalue weighted by molar-refractivity contribution is 5.87. The molecule has 0 saturated carbocycles. The molecule has 0 amide bonds. The first-order valence-corrected chi connectivity index (χ1v) is 8.63. The van der Waals surface area contributed by atoms with Crippen LogP contribution < -0.4 is 0 Å². The molecule has 0 fully saturated rings. The standard InChI is InChI=1S/2C7H6O2.C7H16O2/c2*8-7(9)6-4-2-1-3-5-6;1-3-4-7(2,9)5-6-8/h2*1-5H,(H,8,9);8-9H,3-6H2,1-2H3. The van der Waals surface area contributed by atoms with Crippen LogP contribution in [0.15, 0.2) is 60.7 Å². The van der Waals surface area contributed by atoms with E-state index in [-0.39, 0.29) is 6.61 Å². The SMILES string of the molecule is CCCC(C)(O)CCO.O=C(O)c1ccccc1.O=C(O)c1ccccc1. The Morgan fingerprint density at radius 1 is 0.815 bits per heavy atom. The second kappa shape index (κ2) is 13.5. The van der Waals surface area contributed by atoms with Crippen LogP contribution in [-0.2, 0) is 0 Å². The van der Waals surface area contributed by atoms with Gasteiger partial charge in [0, 0.05) is 6.61 Å². The molecule has 2 aromatic carbocycles. The number of aliphatic hydroxyl groups is 2. The molecule has 6 heteroatoms. The summed E-state index contributed by atoms with van der Waals surface area (Å²) in [6, 6.07) is 16.6. The molecule has 0 heterocycles. The van der Waals surface area contributed by atoms with Crippen LogP contribution in [0.2, 0.25) is 0 Å². The topological polar surface area (TPSA) is 115 Å². The van der Waals surface area contributed by atoms with Gasteiger partial charge in [0.05, 0.1) is 16.7 Å². The monoisotopic (exact) mass is 376 g/mol. The third kappa shape index (κ3) is 12.3. The highest BCUT2D eigenvalue weighted by atomic mass is 16.4. The Hall–Kier alpha value is -2.70. The summed E-state index contributed by atoms with van der Waals surface area (Å²) in [7, 11) is 0. The normalized spacial score (nSPS) is 11.7. The maximum absolute atomic E-state index is 10.2. The third-order valence-corrected chi connectivity index (χ3v) is 3.48. The molecule has 0 aliphatic rings. The summed E-state index contributed by atoms with van der Waals surface area (Å²) in [4.78, 5) is 20.4. The van der Waals surface area contributed by atoms with Crippen LogP contribution >= 0.6 is 0 Å². The van der Waals surface area contributed by atoms with E-state index in [9.17, 15) is 14.7 Å². The number of hydrogen-bond donors (Lipinski definition) is 4. The van der Waals surface area contributed by atoms with Gasteiger partial charge in [0.25, 0.3) is 0 Å². The molecule has 0 saturated heterocycles. The van der Waals surface area contributed by atoms with Gasteiger partial charge in [-0.3, -0.25) is 0 Å². The van der Waals surface area contributed by atoms with Crippen molar-refractivity contribution in [2.45, 2.75) is 38.7 Å². The first kappa shape index (κ1) is 24.3. The van der Waals surface area contributed by atoms with Gasteiger partial charge in [-0.05, 0) is 44.0 Å². The van der Waals surface area contributed by atoms with Gasteiger partial charge in [-0.25, -0.2) is 9.59 Å². The molecule has 2 aromatic rings. The van der Waals surface area contributed by atoms with Gasteiger partial charge in [-0.15, -0.1) is 0 Å². The van der Waals surface area contributed by atoms with Gasteiger partial charge in [0.1, 0.15) is 0 Å². The molecule has 1 atom stereocenters. The lowest BCUT2D eigenvalue weighted by Gasteiger charge is -2.20. The zero-order valence-electron chi connectivity index (χ0n) is 15.7. The van der Waals surface area contributed by atoms with E-state index >= 15 is 0 Å². The Kier molecular flexibility index (Phi) is 12.1. The number of benzene rings is 2. The first-order chi connectivity index (χ1) is 12.7. The van der Waals surface area contributed by atoms with E-state index < -0.39 is 17.5 Å². The summed E-state index contributed by atoms with van der Waals surface area (Å²) < 4.78 is 0. The van der Waals surface area contributed by atoms with Gasteiger partial charge >= 0.3 is 11.9 Å². The fourth-order valence-electron chi connectivity index (χ4n) is 2.07. The molecule has 1 unspecified atom stereocenters. The minimum Gasteiger partial charge on any atom is -0.478 e. The average molecular weight is 376 g/mol. The summed E-state index contributed by atoms with van der Waals surface area (Å²) in [5.74, 6) is -1.76. The first-order valence-electron chi connectivity index (χ1n) is 8.63. The highest BCUT2D eigenvalue weighted by Gasteiger charge is 2.17. The van der Waals surface area contributed by atoms with Crippen LogP contribution in [0.5, 0.6) is 0 Å². The van der Waals surface area contributed by atoms with Crippen LogP contribution in [0.4, 0.5) is 0 Å². The van der Waals surface area contributed by atoms with Crippen LogP contribution in [0, 0.1) is 0 Å². The zero-order valence-corrected chi connectivity index (χ0v) is 15.7. The highest BCUT2D eigenvalue weighted by Crippen LogP contribution is 2.14. The Balaban J connectivity index is 0.000000376. The van der Waals surface area contributed by atoms with Gasteiger partial charge in [-0.2, -0.15) is 0 Å². The summed E-state index contributed by atoms with van der Waals surface area (Å²) in [5.41, 5.74) is 0.0127. The lowest BCUT2D eigenvalue weighted by molar-refractivity contribution is 0.0249. The number of aromatic carboxylic acids is 2. The lowest BCUT2D eigenvalue weighted by Crippen LogP contribution is -2.24. The molecule has 0 bridgehead atoms. The van der Waals surface area contributed by atoms with Crippen LogP contribution in [0.3, 0.4) is 0 Å². The second-order valence-electron chi connectivity index (χ2n) is 6.06. The number of carbonyl (C=O) groups is 2. The van der Waals surface area contributed by atoms with Crippen molar-refractivity contribution >= 4 is 11.9 Å². The quantitative estimate of drug-likeness (QED) is 0.611. The smallest absolute Gasteiger partial charge is 0.335 e. The average Bonchev–Trinajstić information content (AvgIpc) is 2.64. The van der Waals surface area contributed by atoms with Crippen LogP contribution in [0.25, 0.3) is 0 Å². The maximum Gasteiger partial charge on any atom is 0.335 e. The number of hydrogen-bond acceptors (Lipinski definition) is 4. The molecule has 27 heavy (non-hydrogen) atoms. The van der Waals surface area contributed by atoms with Crippen molar-refractivity contribution < 1.29 is 30.0 Å². The largest absolute Gasteiger partial charge is 0.478 e. The van der Waals surface area contributed by atoms with Crippen molar-refractivity contribution in [3.63, 3.8) is 0 Å². The maximum atomic E-state index is 10.2. The van der Waals surface area contributed by atoms with Crippen molar-refractivity contribution in [2.24, 2.45) is 0 Å². The summed E-state index contributed by atoms with van der Waals surface area (Å²) >= 11 is 0. The predicted octanol–water partition coefficient (Wildman–Crippen LogP) is 3.69.